The lowest BCUT2D eigenvalue weighted by Gasteiger charge is -1.99. The third kappa shape index (κ3) is 1.13. The standard InChI is InChI=1S/C7H11N3O2/c1-4-5(8)6(7(11)12-3)10(2)9-4/h8H2,1-3H3. The van der Waals surface area contributed by atoms with Gasteiger partial charge in [-0.05, 0) is 6.92 Å². The van der Waals surface area contributed by atoms with Crippen LogP contribution in [0.1, 0.15) is 16.2 Å². The summed E-state index contributed by atoms with van der Waals surface area (Å²) >= 11 is 0. The molecule has 0 fully saturated rings. The number of nitrogens with two attached hydrogens (primary N) is 1. The zero-order chi connectivity index (χ0) is 9.30. The van der Waals surface area contributed by atoms with Gasteiger partial charge >= 0.3 is 5.97 Å². The monoisotopic (exact) mass is 169 g/mol. The van der Waals surface area contributed by atoms with E-state index in [0.29, 0.717) is 17.1 Å². The zero-order valence-electron chi connectivity index (χ0n) is 7.29. The molecule has 1 aromatic heterocycles. The van der Waals surface area contributed by atoms with E-state index in [2.05, 4.69) is 9.84 Å². The van der Waals surface area contributed by atoms with Crippen LogP contribution >= 0.6 is 0 Å². The number of esters is 1. The minimum absolute atomic E-state index is 0.301. The van der Waals surface area contributed by atoms with Crippen molar-refractivity contribution in [3.63, 3.8) is 0 Å². The van der Waals surface area contributed by atoms with Gasteiger partial charge in [-0.25, -0.2) is 4.79 Å². The topological polar surface area (TPSA) is 70.1 Å². The van der Waals surface area contributed by atoms with Gasteiger partial charge in [-0.2, -0.15) is 5.10 Å². The Balaban J connectivity index is 3.22. The van der Waals surface area contributed by atoms with Crippen molar-refractivity contribution in [1.82, 2.24) is 9.78 Å². The molecule has 0 aliphatic heterocycles. The summed E-state index contributed by atoms with van der Waals surface area (Å²) in [6.07, 6.45) is 0. The number of carbonyl (C=O) groups excluding carboxylic acids is 1. The third-order valence-electron chi connectivity index (χ3n) is 1.65. The van der Waals surface area contributed by atoms with Crippen molar-refractivity contribution >= 4 is 11.7 Å². The molecule has 0 saturated heterocycles. The molecule has 1 rings (SSSR count). The fourth-order valence-electron chi connectivity index (χ4n) is 1.01. The first kappa shape index (κ1) is 8.58. The molecule has 12 heavy (non-hydrogen) atoms. The van der Waals surface area contributed by atoms with E-state index in [-0.39, 0.29) is 0 Å². The number of hydrogen-bond donors (Lipinski definition) is 1. The summed E-state index contributed by atoms with van der Waals surface area (Å²) in [5.41, 5.74) is 6.91. The molecule has 0 spiro atoms. The van der Waals surface area contributed by atoms with Gasteiger partial charge < -0.3 is 10.5 Å². The van der Waals surface area contributed by atoms with Crippen LogP contribution in [0, 0.1) is 6.92 Å². The Morgan fingerprint density at radius 2 is 2.25 bits per heavy atom. The van der Waals surface area contributed by atoms with E-state index < -0.39 is 5.97 Å². The number of hydrogen-bond acceptors (Lipinski definition) is 4. The predicted molar refractivity (Wildman–Crippen MR) is 43.7 cm³/mol. The van der Waals surface area contributed by atoms with E-state index in [9.17, 15) is 4.79 Å². The molecule has 0 atom stereocenters. The van der Waals surface area contributed by atoms with Gasteiger partial charge in [0.2, 0.25) is 0 Å². The van der Waals surface area contributed by atoms with E-state index >= 15 is 0 Å². The predicted octanol–water partition coefficient (Wildman–Crippen LogP) is 0.0973. The summed E-state index contributed by atoms with van der Waals surface area (Å²) in [5, 5.41) is 3.97. The first-order chi connectivity index (χ1) is 5.57. The number of carbonyl (C=O) groups is 1. The zero-order valence-corrected chi connectivity index (χ0v) is 7.29. The van der Waals surface area contributed by atoms with Gasteiger partial charge in [0.15, 0.2) is 5.69 Å². The summed E-state index contributed by atoms with van der Waals surface area (Å²) in [6.45, 7) is 1.74. The second-order valence-corrected chi connectivity index (χ2v) is 2.46. The van der Waals surface area contributed by atoms with Crippen LogP contribution in [0.25, 0.3) is 0 Å². The average Bonchev–Trinajstić information content (AvgIpc) is 2.26. The molecule has 1 aromatic rings. The molecule has 0 aliphatic carbocycles. The molecule has 0 aromatic carbocycles. The smallest absolute Gasteiger partial charge is 0.358 e. The van der Waals surface area contributed by atoms with Crippen molar-refractivity contribution in [3.8, 4) is 0 Å². The quantitative estimate of drug-likeness (QED) is 0.605. The Hall–Kier alpha value is -1.52. The van der Waals surface area contributed by atoms with E-state index in [1.54, 1.807) is 14.0 Å². The SMILES string of the molecule is COC(=O)c1c(N)c(C)nn1C. The Bertz CT molecular complexity index is 317. The number of nitrogen functional groups attached to an aromatic ring is 1. The Morgan fingerprint density at radius 3 is 2.58 bits per heavy atom. The molecular weight excluding hydrogens is 158 g/mol. The van der Waals surface area contributed by atoms with Crippen molar-refractivity contribution in [2.45, 2.75) is 6.92 Å². The number of aromatic nitrogens is 2. The Morgan fingerprint density at radius 1 is 1.67 bits per heavy atom. The summed E-state index contributed by atoms with van der Waals surface area (Å²) in [6, 6.07) is 0. The van der Waals surface area contributed by atoms with Crippen molar-refractivity contribution in [2.75, 3.05) is 12.8 Å². The normalized spacial score (nSPS) is 9.92. The second kappa shape index (κ2) is 2.84. The lowest BCUT2D eigenvalue weighted by Crippen LogP contribution is -2.10. The molecule has 0 bridgehead atoms. The van der Waals surface area contributed by atoms with Crippen LogP contribution < -0.4 is 5.73 Å². The number of nitrogens with zero attached hydrogens (tertiary/aromatic N) is 2. The number of aryl methyl sites for hydroxylation is 2. The van der Waals surface area contributed by atoms with Crippen LogP contribution in [0.15, 0.2) is 0 Å². The number of ether oxygens (including phenoxy) is 1. The summed E-state index contributed by atoms with van der Waals surface area (Å²) < 4.78 is 5.94. The molecule has 2 N–H and O–H groups in total. The van der Waals surface area contributed by atoms with Crippen LogP contribution in [0.5, 0.6) is 0 Å². The summed E-state index contributed by atoms with van der Waals surface area (Å²) in [7, 11) is 2.96. The fraction of sp³-hybridized carbons (Fsp3) is 0.429. The van der Waals surface area contributed by atoms with Gasteiger partial charge in [0.1, 0.15) is 0 Å². The molecule has 0 unspecified atom stereocenters. The van der Waals surface area contributed by atoms with Crippen molar-refractivity contribution in [3.05, 3.63) is 11.4 Å². The van der Waals surface area contributed by atoms with Gasteiger partial charge in [0.25, 0.3) is 0 Å². The van der Waals surface area contributed by atoms with E-state index in [4.69, 9.17) is 5.73 Å². The highest BCUT2D eigenvalue weighted by molar-refractivity contribution is 5.93. The molecule has 0 amide bonds. The maximum absolute atomic E-state index is 11.1. The lowest BCUT2D eigenvalue weighted by molar-refractivity contribution is 0.0589. The highest BCUT2D eigenvalue weighted by atomic mass is 16.5. The van der Waals surface area contributed by atoms with E-state index in [1.807, 2.05) is 0 Å². The van der Waals surface area contributed by atoms with Crippen LogP contribution in [0.3, 0.4) is 0 Å². The first-order valence-electron chi connectivity index (χ1n) is 3.45. The molecule has 0 saturated carbocycles. The average molecular weight is 169 g/mol. The summed E-state index contributed by atoms with van der Waals surface area (Å²) in [5.74, 6) is -0.462. The molecule has 0 radical (unpaired) electrons. The van der Waals surface area contributed by atoms with E-state index in [1.165, 1.54) is 11.8 Å². The van der Waals surface area contributed by atoms with Gasteiger partial charge in [-0.1, -0.05) is 0 Å². The van der Waals surface area contributed by atoms with Crippen molar-refractivity contribution in [1.29, 1.82) is 0 Å². The molecule has 0 aliphatic rings. The first-order valence-corrected chi connectivity index (χ1v) is 3.45. The largest absolute Gasteiger partial charge is 0.464 e. The van der Waals surface area contributed by atoms with Crippen LogP contribution in [-0.2, 0) is 11.8 Å². The third-order valence-corrected chi connectivity index (χ3v) is 1.65. The molecule has 1 heterocycles. The fourth-order valence-corrected chi connectivity index (χ4v) is 1.01. The molecule has 66 valence electrons. The second-order valence-electron chi connectivity index (χ2n) is 2.46. The maximum atomic E-state index is 11.1. The van der Waals surface area contributed by atoms with Crippen molar-refractivity contribution in [2.24, 2.45) is 7.05 Å². The van der Waals surface area contributed by atoms with Crippen LogP contribution in [0.4, 0.5) is 5.69 Å². The molecule has 5 heteroatoms. The molecule has 5 nitrogen and oxygen atoms in total. The summed E-state index contributed by atoms with van der Waals surface area (Å²) in [4.78, 5) is 11.1. The van der Waals surface area contributed by atoms with Gasteiger partial charge in [0.05, 0.1) is 18.5 Å². The number of methoxy groups -OCH3 is 1. The minimum Gasteiger partial charge on any atom is -0.464 e. The Kier molecular flexibility index (Phi) is 2.03. The van der Waals surface area contributed by atoms with Gasteiger partial charge in [-0.15, -0.1) is 0 Å². The maximum Gasteiger partial charge on any atom is 0.358 e. The highest BCUT2D eigenvalue weighted by Gasteiger charge is 2.17. The van der Waals surface area contributed by atoms with Gasteiger partial charge in [0, 0.05) is 7.05 Å². The lowest BCUT2D eigenvalue weighted by atomic mass is 10.3. The number of rotatable bonds is 1. The molecular formula is C7H11N3O2. The highest BCUT2D eigenvalue weighted by Crippen LogP contribution is 2.15. The van der Waals surface area contributed by atoms with Crippen LogP contribution in [0.2, 0.25) is 0 Å². The minimum atomic E-state index is -0.462. The van der Waals surface area contributed by atoms with Gasteiger partial charge in [-0.3, -0.25) is 4.68 Å². The number of anilines is 1. The van der Waals surface area contributed by atoms with Crippen LogP contribution in [-0.4, -0.2) is 22.9 Å². The van der Waals surface area contributed by atoms with E-state index in [0.717, 1.165) is 0 Å². The Labute approximate surface area is 70.1 Å². The van der Waals surface area contributed by atoms with Crippen molar-refractivity contribution < 1.29 is 9.53 Å².